The van der Waals surface area contributed by atoms with E-state index in [0.29, 0.717) is 6.61 Å². The average Bonchev–Trinajstić information content (AvgIpc) is 2.39. The van der Waals surface area contributed by atoms with Crippen molar-refractivity contribution < 1.29 is 28.5 Å². The van der Waals surface area contributed by atoms with Gasteiger partial charge in [-0.25, -0.2) is 0 Å². The highest BCUT2D eigenvalue weighted by atomic mass is 16.7. The Morgan fingerprint density at radius 2 is 2.10 bits per heavy atom. The van der Waals surface area contributed by atoms with Crippen molar-refractivity contribution in [1.29, 1.82) is 0 Å². The van der Waals surface area contributed by atoms with Crippen molar-refractivity contribution in [2.24, 2.45) is 5.11 Å². The summed E-state index contributed by atoms with van der Waals surface area (Å²) < 4.78 is 21.0. The molecular formula is C12H19N3O6. The number of rotatable bonds is 6. The first-order valence-electron chi connectivity index (χ1n) is 6.59. The van der Waals surface area contributed by atoms with Gasteiger partial charge in [-0.15, -0.1) is 0 Å². The summed E-state index contributed by atoms with van der Waals surface area (Å²) in [5, 5.41) is 3.63. The Kier molecular flexibility index (Phi) is 6.93. The van der Waals surface area contributed by atoms with Crippen molar-refractivity contribution in [3.8, 4) is 0 Å². The van der Waals surface area contributed by atoms with Crippen LogP contribution >= 0.6 is 0 Å². The molecule has 0 amide bonds. The van der Waals surface area contributed by atoms with Gasteiger partial charge >= 0.3 is 11.9 Å². The number of hydrogen-bond donors (Lipinski definition) is 0. The number of hydrogen-bond acceptors (Lipinski definition) is 7. The maximum absolute atomic E-state index is 11.2. The predicted molar refractivity (Wildman–Crippen MR) is 70.0 cm³/mol. The van der Waals surface area contributed by atoms with Crippen LogP contribution in [0.15, 0.2) is 5.11 Å². The molecular weight excluding hydrogens is 282 g/mol. The second-order valence-electron chi connectivity index (χ2n) is 4.44. The zero-order valence-corrected chi connectivity index (χ0v) is 12.2. The number of esters is 2. The van der Waals surface area contributed by atoms with E-state index in [2.05, 4.69) is 10.0 Å². The van der Waals surface area contributed by atoms with Crippen molar-refractivity contribution in [2.75, 3.05) is 13.2 Å². The maximum Gasteiger partial charge on any atom is 0.303 e. The summed E-state index contributed by atoms with van der Waals surface area (Å²) in [5.74, 6) is -1.02. The normalized spacial score (nSPS) is 28.3. The minimum absolute atomic E-state index is 0.117. The molecule has 1 aliphatic rings. The molecule has 0 radical (unpaired) electrons. The quantitative estimate of drug-likeness (QED) is 0.316. The average molecular weight is 301 g/mol. The van der Waals surface area contributed by atoms with Gasteiger partial charge in [0.2, 0.25) is 0 Å². The molecule has 0 bridgehead atoms. The van der Waals surface area contributed by atoms with Crippen molar-refractivity contribution in [3.63, 3.8) is 0 Å². The highest BCUT2D eigenvalue weighted by Gasteiger charge is 2.41. The molecule has 1 rings (SSSR count). The van der Waals surface area contributed by atoms with Crippen LogP contribution < -0.4 is 0 Å². The Morgan fingerprint density at radius 3 is 2.62 bits per heavy atom. The summed E-state index contributed by atoms with van der Waals surface area (Å²) in [4.78, 5) is 24.9. The molecule has 1 saturated heterocycles. The van der Waals surface area contributed by atoms with Gasteiger partial charge < -0.3 is 18.9 Å². The van der Waals surface area contributed by atoms with Gasteiger partial charge in [-0.2, -0.15) is 0 Å². The molecule has 118 valence electrons. The molecule has 0 saturated carbocycles. The molecule has 0 aliphatic carbocycles. The highest BCUT2D eigenvalue weighted by Crippen LogP contribution is 2.26. The summed E-state index contributed by atoms with van der Waals surface area (Å²) in [6.45, 7) is 4.59. The van der Waals surface area contributed by atoms with Crippen LogP contribution in [0, 0.1) is 0 Å². The summed E-state index contributed by atoms with van der Waals surface area (Å²) in [5.41, 5.74) is 8.64. The van der Waals surface area contributed by atoms with Crippen LogP contribution in [0.5, 0.6) is 0 Å². The number of azide groups is 1. The van der Waals surface area contributed by atoms with Crippen LogP contribution in [-0.2, 0) is 28.5 Å². The SMILES string of the molecule is CCO[C@H]1C[C@H](N=[N+]=[N-])[C@H](OC(C)=O)[C@@H](COC(C)=O)O1. The molecule has 0 N–H and O–H groups in total. The topological polar surface area (TPSA) is 120 Å². The third-order valence-electron chi connectivity index (χ3n) is 2.81. The standard InChI is InChI=1S/C12H19N3O6/c1-4-18-11-5-9(14-15-13)12(20-8(3)17)10(21-11)6-19-7(2)16/h9-12H,4-6H2,1-3H3/t9-,10+,11+,12-/m0/s1. The molecule has 1 heterocycles. The molecule has 9 heteroatoms. The zero-order chi connectivity index (χ0) is 15.8. The molecule has 0 aromatic carbocycles. The van der Waals surface area contributed by atoms with Crippen LogP contribution in [-0.4, -0.2) is 49.7 Å². The van der Waals surface area contributed by atoms with Crippen molar-refractivity contribution >= 4 is 11.9 Å². The third kappa shape index (κ3) is 5.58. The van der Waals surface area contributed by atoms with Gasteiger partial charge in [0, 0.05) is 31.8 Å². The van der Waals surface area contributed by atoms with E-state index in [-0.39, 0.29) is 13.0 Å². The van der Waals surface area contributed by atoms with E-state index >= 15 is 0 Å². The Morgan fingerprint density at radius 1 is 1.38 bits per heavy atom. The van der Waals surface area contributed by atoms with Gasteiger partial charge in [0.15, 0.2) is 6.29 Å². The first kappa shape index (κ1) is 17.2. The summed E-state index contributed by atoms with van der Waals surface area (Å²) in [7, 11) is 0. The largest absolute Gasteiger partial charge is 0.463 e. The van der Waals surface area contributed by atoms with Crippen LogP contribution in [0.2, 0.25) is 0 Å². The van der Waals surface area contributed by atoms with Gasteiger partial charge in [0.05, 0.1) is 6.04 Å². The monoisotopic (exact) mass is 301 g/mol. The molecule has 21 heavy (non-hydrogen) atoms. The Bertz CT molecular complexity index is 423. The lowest BCUT2D eigenvalue weighted by Gasteiger charge is -2.38. The fraction of sp³-hybridized carbons (Fsp3) is 0.833. The number of nitrogens with zero attached hydrogens (tertiary/aromatic N) is 3. The molecule has 1 aliphatic heterocycles. The van der Waals surface area contributed by atoms with Gasteiger partial charge in [-0.05, 0) is 12.5 Å². The first-order valence-corrected chi connectivity index (χ1v) is 6.59. The van der Waals surface area contributed by atoms with Gasteiger partial charge in [-0.3, -0.25) is 9.59 Å². The van der Waals surface area contributed by atoms with Crippen LogP contribution in [0.4, 0.5) is 0 Å². The van der Waals surface area contributed by atoms with E-state index in [0.717, 1.165) is 0 Å². The minimum Gasteiger partial charge on any atom is -0.463 e. The first-order chi connectivity index (χ1) is 9.97. The van der Waals surface area contributed by atoms with Crippen LogP contribution in [0.3, 0.4) is 0 Å². The summed E-state index contributed by atoms with van der Waals surface area (Å²) in [6, 6.07) is -0.648. The number of ether oxygens (including phenoxy) is 4. The lowest BCUT2D eigenvalue weighted by atomic mass is 9.99. The highest BCUT2D eigenvalue weighted by molar-refractivity contribution is 5.66. The lowest BCUT2D eigenvalue weighted by molar-refractivity contribution is -0.241. The fourth-order valence-electron chi connectivity index (χ4n) is 2.06. The van der Waals surface area contributed by atoms with Crippen molar-refractivity contribution in [1.82, 2.24) is 0 Å². The summed E-state index contributed by atoms with van der Waals surface area (Å²) >= 11 is 0. The molecule has 4 atom stereocenters. The molecule has 0 aromatic heterocycles. The Balaban J connectivity index is 2.89. The van der Waals surface area contributed by atoms with E-state index in [1.807, 2.05) is 0 Å². The fourth-order valence-corrected chi connectivity index (χ4v) is 2.06. The van der Waals surface area contributed by atoms with Gasteiger partial charge in [0.1, 0.15) is 18.8 Å². The number of carbonyl (C=O) groups excluding carboxylic acids is 2. The van der Waals surface area contributed by atoms with Crippen LogP contribution in [0.1, 0.15) is 27.2 Å². The summed E-state index contributed by atoms with van der Waals surface area (Å²) in [6.07, 6.45) is -1.93. The van der Waals surface area contributed by atoms with Gasteiger partial charge in [0.25, 0.3) is 0 Å². The van der Waals surface area contributed by atoms with Crippen LogP contribution in [0.25, 0.3) is 10.4 Å². The molecule has 0 unspecified atom stereocenters. The van der Waals surface area contributed by atoms with Crippen molar-refractivity contribution in [2.45, 2.75) is 51.7 Å². The zero-order valence-electron chi connectivity index (χ0n) is 12.2. The molecule has 0 aromatic rings. The third-order valence-corrected chi connectivity index (χ3v) is 2.81. The van der Waals surface area contributed by atoms with Crippen molar-refractivity contribution in [3.05, 3.63) is 10.4 Å². The maximum atomic E-state index is 11.2. The van der Waals surface area contributed by atoms with E-state index < -0.39 is 36.5 Å². The second kappa shape index (κ2) is 8.46. The molecule has 0 spiro atoms. The number of carbonyl (C=O) groups is 2. The minimum atomic E-state index is -0.825. The lowest BCUT2D eigenvalue weighted by Crippen LogP contribution is -2.52. The Labute approximate surface area is 122 Å². The smallest absolute Gasteiger partial charge is 0.303 e. The van der Waals surface area contributed by atoms with E-state index in [4.69, 9.17) is 24.5 Å². The van der Waals surface area contributed by atoms with Gasteiger partial charge in [-0.1, -0.05) is 5.11 Å². The second-order valence-corrected chi connectivity index (χ2v) is 4.44. The van der Waals surface area contributed by atoms with E-state index in [1.165, 1.54) is 13.8 Å². The van der Waals surface area contributed by atoms with E-state index in [9.17, 15) is 9.59 Å². The Hall–Kier alpha value is -1.83. The molecule has 9 nitrogen and oxygen atoms in total. The van der Waals surface area contributed by atoms with E-state index in [1.54, 1.807) is 6.92 Å². The predicted octanol–water partition coefficient (Wildman–Crippen LogP) is 1.31. The molecule has 1 fully saturated rings.